The summed E-state index contributed by atoms with van der Waals surface area (Å²) in [5.41, 5.74) is 1.42. The predicted molar refractivity (Wildman–Crippen MR) is 130 cm³/mol. The Bertz CT molecular complexity index is 1270. The van der Waals surface area contributed by atoms with E-state index in [2.05, 4.69) is 20.8 Å². The molecular formula is C24H19ClN4O4S. The summed E-state index contributed by atoms with van der Waals surface area (Å²) in [5, 5.41) is 14.2. The molecule has 34 heavy (non-hydrogen) atoms. The Hall–Kier alpha value is -3.82. The number of carbonyl (C=O) groups is 2. The van der Waals surface area contributed by atoms with Gasteiger partial charge in [0.1, 0.15) is 5.75 Å². The molecule has 4 aromatic rings. The summed E-state index contributed by atoms with van der Waals surface area (Å²) in [6.07, 6.45) is 0. The molecular weight excluding hydrogens is 476 g/mol. The van der Waals surface area contributed by atoms with Crippen LogP contribution in [-0.2, 0) is 11.4 Å². The Morgan fingerprint density at radius 3 is 2.44 bits per heavy atom. The first-order valence-corrected chi connectivity index (χ1v) is 11.5. The summed E-state index contributed by atoms with van der Waals surface area (Å²) in [7, 11) is 0. The normalized spacial score (nSPS) is 10.5. The highest BCUT2D eigenvalue weighted by molar-refractivity contribution is 7.99. The molecule has 3 aromatic carbocycles. The van der Waals surface area contributed by atoms with Crippen LogP contribution in [0.4, 0.5) is 11.4 Å². The molecule has 0 fully saturated rings. The summed E-state index contributed by atoms with van der Waals surface area (Å²) in [6, 6.07) is 22.8. The second kappa shape index (κ2) is 11.4. The van der Waals surface area contributed by atoms with Crippen molar-refractivity contribution in [2.45, 2.75) is 11.8 Å². The topological polar surface area (TPSA) is 106 Å². The molecule has 0 aliphatic heterocycles. The molecule has 2 amide bonds. The number of amides is 2. The van der Waals surface area contributed by atoms with Gasteiger partial charge in [-0.05, 0) is 48.5 Å². The molecule has 0 unspecified atom stereocenters. The van der Waals surface area contributed by atoms with Crippen LogP contribution in [0.2, 0.25) is 5.02 Å². The van der Waals surface area contributed by atoms with Crippen molar-refractivity contribution in [3.63, 3.8) is 0 Å². The van der Waals surface area contributed by atoms with Gasteiger partial charge in [0.25, 0.3) is 17.0 Å². The van der Waals surface area contributed by atoms with E-state index in [9.17, 15) is 9.59 Å². The minimum atomic E-state index is -0.322. The lowest BCUT2D eigenvalue weighted by atomic mass is 10.1. The van der Waals surface area contributed by atoms with Crippen LogP contribution in [-0.4, -0.2) is 27.8 Å². The summed E-state index contributed by atoms with van der Waals surface area (Å²) >= 11 is 6.93. The Morgan fingerprint density at radius 1 is 0.912 bits per heavy atom. The van der Waals surface area contributed by atoms with E-state index in [1.165, 1.54) is 0 Å². The van der Waals surface area contributed by atoms with Crippen molar-refractivity contribution in [2.75, 3.05) is 16.4 Å². The van der Waals surface area contributed by atoms with Crippen molar-refractivity contribution in [3.05, 3.63) is 95.3 Å². The van der Waals surface area contributed by atoms with Gasteiger partial charge in [0.15, 0.2) is 6.61 Å². The summed E-state index contributed by atoms with van der Waals surface area (Å²) < 4.78 is 11.1. The van der Waals surface area contributed by atoms with Gasteiger partial charge in [-0.15, -0.1) is 10.2 Å². The molecule has 10 heteroatoms. The van der Waals surface area contributed by atoms with Crippen LogP contribution in [0.15, 0.2) is 88.5 Å². The van der Waals surface area contributed by atoms with Gasteiger partial charge in [-0.3, -0.25) is 9.59 Å². The molecule has 0 saturated heterocycles. The maximum absolute atomic E-state index is 12.7. The highest BCUT2D eigenvalue weighted by Crippen LogP contribution is 2.21. The number of para-hydroxylation sites is 2. The average Bonchev–Trinajstić information content (AvgIpc) is 3.31. The molecule has 8 nitrogen and oxygen atoms in total. The number of nitrogens with zero attached hydrogens (tertiary/aromatic N) is 2. The molecule has 0 radical (unpaired) electrons. The summed E-state index contributed by atoms with van der Waals surface area (Å²) in [4.78, 5) is 25.1. The monoisotopic (exact) mass is 494 g/mol. The lowest BCUT2D eigenvalue weighted by Gasteiger charge is -2.11. The van der Waals surface area contributed by atoms with Crippen LogP contribution < -0.4 is 15.4 Å². The molecule has 0 aliphatic rings. The minimum absolute atomic E-state index is 0.0221. The van der Waals surface area contributed by atoms with Gasteiger partial charge in [0.2, 0.25) is 5.91 Å². The fraction of sp³-hybridized carbons (Fsp3) is 0.0833. The zero-order chi connectivity index (χ0) is 23.8. The lowest BCUT2D eigenvalue weighted by Crippen LogP contribution is -2.19. The van der Waals surface area contributed by atoms with Crippen LogP contribution in [0.3, 0.4) is 0 Å². The Morgan fingerprint density at radius 2 is 1.65 bits per heavy atom. The number of aromatic nitrogens is 2. The Balaban J connectivity index is 1.29. The first-order chi connectivity index (χ1) is 16.6. The molecule has 1 aromatic heterocycles. The van der Waals surface area contributed by atoms with Crippen molar-refractivity contribution in [1.82, 2.24) is 10.2 Å². The van der Waals surface area contributed by atoms with Crippen molar-refractivity contribution in [2.24, 2.45) is 0 Å². The third-order valence-electron chi connectivity index (χ3n) is 4.43. The Kier molecular flexibility index (Phi) is 7.79. The van der Waals surface area contributed by atoms with Gasteiger partial charge in [0.05, 0.1) is 17.0 Å². The van der Waals surface area contributed by atoms with E-state index in [1.807, 2.05) is 18.2 Å². The fourth-order valence-electron chi connectivity index (χ4n) is 2.85. The number of benzene rings is 3. The summed E-state index contributed by atoms with van der Waals surface area (Å²) in [6.45, 7) is 0.0886. The van der Waals surface area contributed by atoms with Crippen molar-refractivity contribution >= 4 is 46.6 Å². The van der Waals surface area contributed by atoms with E-state index < -0.39 is 0 Å². The van der Waals surface area contributed by atoms with Crippen LogP contribution in [0, 0.1) is 0 Å². The number of ether oxygens (including phenoxy) is 1. The number of nitrogens with one attached hydrogen (secondary N) is 2. The predicted octanol–water partition coefficient (Wildman–Crippen LogP) is 5.29. The van der Waals surface area contributed by atoms with Crippen molar-refractivity contribution < 1.29 is 18.7 Å². The first kappa shape index (κ1) is 23.3. The largest absolute Gasteiger partial charge is 0.484 e. The first-order valence-electron chi connectivity index (χ1n) is 10.2. The SMILES string of the molecule is O=C(CSc1nnc(COc2ccc(Cl)cc2)o1)Nc1ccccc1C(=O)Nc1ccccc1. The second-order valence-corrected chi connectivity index (χ2v) is 8.27. The van der Waals surface area contributed by atoms with E-state index in [1.54, 1.807) is 60.7 Å². The van der Waals surface area contributed by atoms with E-state index in [-0.39, 0.29) is 35.3 Å². The third kappa shape index (κ3) is 6.60. The number of anilines is 2. The molecule has 0 aliphatic carbocycles. The number of rotatable bonds is 9. The van der Waals surface area contributed by atoms with Gasteiger partial charge < -0.3 is 19.8 Å². The van der Waals surface area contributed by atoms with Crippen molar-refractivity contribution in [1.29, 1.82) is 0 Å². The fourth-order valence-corrected chi connectivity index (χ4v) is 3.56. The van der Waals surface area contributed by atoms with E-state index in [4.69, 9.17) is 20.8 Å². The molecule has 1 heterocycles. The third-order valence-corrected chi connectivity index (χ3v) is 5.50. The van der Waals surface area contributed by atoms with Crippen molar-refractivity contribution in [3.8, 4) is 5.75 Å². The smallest absolute Gasteiger partial charge is 0.277 e. The number of carbonyl (C=O) groups excluding carboxylic acids is 2. The quantitative estimate of drug-likeness (QED) is 0.305. The molecule has 0 spiro atoms. The standard InChI is InChI=1S/C24H19ClN4O4S/c25-16-10-12-18(13-11-16)32-14-22-28-29-24(33-22)34-15-21(30)27-20-9-5-4-8-19(20)23(31)26-17-6-2-1-3-7-17/h1-13H,14-15H2,(H,26,31)(H,27,30). The maximum atomic E-state index is 12.7. The van der Waals surface area contributed by atoms with Crippen LogP contribution in [0.1, 0.15) is 16.2 Å². The van der Waals surface area contributed by atoms with E-state index in [0.717, 1.165) is 11.8 Å². The van der Waals surface area contributed by atoms with E-state index >= 15 is 0 Å². The molecule has 0 saturated carbocycles. The van der Waals surface area contributed by atoms with Gasteiger partial charge in [0, 0.05) is 10.7 Å². The van der Waals surface area contributed by atoms with Crippen LogP contribution in [0.25, 0.3) is 0 Å². The van der Waals surface area contributed by atoms with Gasteiger partial charge in [-0.1, -0.05) is 53.7 Å². The highest BCUT2D eigenvalue weighted by atomic mass is 35.5. The number of hydrogen-bond acceptors (Lipinski definition) is 7. The molecule has 2 N–H and O–H groups in total. The lowest BCUT2D eigenvalue weighted by molar-refractivity contribution is -0.113. The zero-order valence-corrected chi connectivity index (χ0v) is 19.3. The minimum Gasteiger partial charge on any atom is -0.484 e. The summed E-state index contributed by atoms with van der Waals surface area (Å²) in [5.74, 6) is 0.278. The molecule has 0 bridgehead atoms. The highest BCUT2D eigenvalue weighted by Gasteiger charge is 2.15. The average molecular weight is 495 g/mol. The Labute approximate surface area is 204 Å². The van der Waals surface area contributed by atoms with Gasteiger partial charge in [-0.25, -0.2) is 0 Å². The van der Waals surface area contributed by atoms with Crippen LogP contribution >= 0.6 is 23.4 Å². The molecule has 172 valence electrons. The van der Waals surface area contributed by atoms with E-state index in [0.29, 0.717) is 27.7 Å². The number of thioether (sulfide) groups is 1. The zero-order valence-electron chi connectivity index (χ0n) is 17.7. The van der Waals surface area contributed by atoms with Gasteiger partial charge in [-0.2, -0.15) is 0 Å². The van der Waals surface area contributed by atoms with Gasteiger partial charge >= 0.3 is 0 Å². The molecule has 0 atom stereocenters. The van der Waals surface area contributed by atoms with Crippen LogP contribution in [0.5, 0.6) is 5.75 Å². The second-order valence-electron chi connectivity index (χ2n) is 6.91. The number of hydrogen-bond donors (Lipinski definition) is 2. The number of halogens is 1. The molecule has 4 rings (SSSR count). The maximum Gasteiger partial charge on any atom is 0.277 e.